The maximum absolute atomic E-state index is 10.9. The highest BCUT2D eigenvalue weighted by molar-refractivity contribution is 7.99. The van der Waals surface area contributed by atoms with E-state index in [0.717, 1.165) is 16.7 Å². The van der Waals surface area contributed by atoms with E-state index in [1.54, 1.807) is 13.0 Å². The van der Waals surface area contributed by atoms with Crippen LogP contribution in [0.25, 0.3) is 0 Å². The van der Waals surface area contributed by atoms with Gasteiger partial charge in [0.05, 0.1) is 16.1 Å². The van der Waals surface area contributed by atoms with E-state index >= 15 is 0 Å². The molecule has 0 aromatic carbocycles. The molecule has 8 heteroatoms. The van der Waals surface area contributed by atoms with Gasteiger partial charge in [-0.25, -0.2) is 9.97 Å². The Morgan fingerprint density at radius 3 is 2.88 bits per heavy atom. The topological polar surface area (TPSA) is 108 Å². The fraction of sp³-hybridized carbons (Fsp3) is 0.111. The molecule has 0 amide bonds. The highest BCUT2D eigenvalue weighted by Crippen LogP contribution is 2.36. The van der Waals surface area contributed by atoms with Gasteiger partial charge in [-0.15, -0.1) is 0 Å². The molecule has 0 bridgehead atoms. The third-order valence-electron chi connectivity index (χ3n) is 2.02. The summed E-state index contributed by atoms with van der Waals surface area (Å²) in [7, 11) is 0. The van der Waals surface area contributed by atoms with Crippen LogP contribution >= 0.6 is 11.8 Å². The average molecular weight is 252 g/mol. The summed E-state index contributed by atoms with van der Waals surface area (Å²) in [6, 6.07) is 1.71. The zero-order valence-corrected chi connectivity index (χ0v) is 9.60. The number of rotatable bonds is 3. The molecule has 2 heterocycles. The standard InChI is InChI=1S/C9H8N4O3S/c1-5-6(2-3-16-5)17-9-7(13(14)15)8(10)11-4-12-9/h2-4H,1H3,(H2,10,11,12). The summed E-state index contributed by atoms with van der Waals surface area (Å²) >= 11 is 1.12. The van der Waals surface area contributed by atoms with Gasteiger partial charge in [0, 0.05) is 0 Å². The van der Waals surface area contributed by atoms with Gasteiger partial charge in [-0.2, -0.15) is 0 Å². The molecule has 0 unspecified atom stereocenters. The second-order valence-corrected chi connectivity index (χ2v) is 4.14. The lowest BCUT2D eigenvalue weighted by molar-refractivity contribution is -0.387. The highest BCUT2D eigenvalue weighted by Gasteiger charge is 2.22. The zero-order valence-electron chi connectivity index (χ0n) is 8.78. The molecule has 7 nitrogen and oxygen atoms in total. The zero-order chi connectivity index (χ0) is 12.4. The minimum atomic E-state index is -0.590. The van der Waals surface area contributed by atoms with E-state index in [1.165, 1.54) is 12.6 Å². The third kappa shape index (κ3) is 2.21. The molecular weight excluding hydrogens is 244 g/mol. The molecule has 0 atom stereocenters. The lowest BCUT2D eigenvalue weighted by Gasteiger charge is -2.01. The predicted octanol–water partition coefficient (Wildman–Crippen LogP) is 2.02. The minimum Gasteiger partial charge on any atom is -0.468 e. The SMILES string of the molecule is Cc1occc1Sc1ncnc(N)c1[N+](=O)[O-]. The average Bonchev–Trinajstić information content (AvgIpc) is 2.64. The predicted molar refractivity (Wildman–Crippen MR) is 60.7 cm³/mol. The normalized spacial score (nSPS) is 10.4. The molecule has 0 radical (unpaired) electrons. The quantitative estimate of drug-likeness (QED) is 0.505. The molecule has 0 aliphatic carbocycles. The smallest absolute Gasteiger partial charge is 0.343 e. The van der Waals surface area contributed by atoms with Gasteiger partial charge in [0.2, 0.25) is 5.82 Å². The highest BCUT2D eigenvalue weighted by atomic mass is 32.2. The van der Waals surface area contributed by atoms with Gasteiger partial charge in [-0.3, -0.25) is 10.1 Å². The van der Waals surface area contributed by atoms with Crippen molar-refractivity contribution in [2.24, 2.45) is 0 Å². The van der Waals surface area contributed by atoms with E-state index in [1.807, 2.05) is 0 Å². The summed E-state index contributed by atoms with van der Waals surface area (Å²) in [5, 5.41) is 11.1. The Hall–Kier alpha value is -2.09. The molecule has 2 aromatic rings. The molecular formula is C9H8N4O3S. The van der Waals surface area contributed by atoms with Crippen LogP contribution in [-0.4, -0.2) is 14.9 Å². The van der Waals surface area contributed by atoms with Crippen LogP contribution in [0.4, 0.5) is 11.5 Å². The van der Waals surface area contributed by atoms with Gasteiger partial charge in [-0.1, -0.05) is 11.8 Å². The Kier molecular flexibility index (Phi) is 2.96. The minimum absolute atomic E-state index is 0.145. The number of anilines is 1. The Balaban J connectivity index is 2.43. The molecule has 0 aliphatic rings. The third-order valence-corrected chi connectivity index (χ3v) is 3.15. The Morgan fingerprint density at radius 1 is 1.53 bits per heavy atom. The fourth-order valence-electron chi connectivity index (χ4n) is 1.21. The van der Waals surface area contributed by atoms with Crippen molar-refractivity contribution < 1.29 is 9.34 Å². The second-order valence-electron chi connectivity index (χ2n) is 3.11. The summed E-state index contributed by atoms with van der Waals surface area (Å²) in [6.07, 6.45) is 2.70. The molecule has 0 saturated heterocycles. The lowest BCUT2D eigenvalue weighted by atomic mass is 10.5. The molecule has 0 aliphatic heterocycles. The fourth-order valence-corrected chi connectivity index (χ4v) is 2.10. The summed E-state index contributed by atoms with van der Waals surface area (Å²) in [4.78, 5) is 18.5. The van der Waals surface area contributed by atoms with E-state index < -0.39 is 4.92 Å². The number of furan rings is 1. The largest absolute Gasteiger partial charge is 0.468 e. The van der Waals surface area contributed by atoms with Crippen molar-refractivity contribution in [3.05, 3.63) is 34.5 Å². The van der Waals surface area contributed by atoms with E-state index in [-0.39, 0.29) is 16.5 Å². The maximum atomic E-state index is 10.9. The molecule has 17 heavy (non-hydrogen) atoms. The van der Waals surface area contributed by atoms with Crippen molar-refractivity contribution in [1.82, 2.24) is 9.97 Å². The number of aryl methyl sites for hydroxylation is 1. The molecule has 88 valence electrons. The van der Waals surface area contributed by atoms with Crippen LogP contribution in [0.1, 0.15) is 5.76 Å². The van der Waals surface area contributed by atoms with Crippen molar-refractivity contribution in [1.29, 1.82) is 0 Å². The van der Waals surface area contributed by atoms with Crippen molar-refractivity contribution in [2.45, 2.75) is 16.8 Å². The second kappa shape index (κ2) is 4.42. The van der Waals surface area contributed by atoms with E-state index in [4.69, 9.17) is 10.2 Å². The summed E-state index contributed by atoms with van der Waals surface area (Å²) in [5.41, 5.74) is 5.18. The number of nitro groups is 1. The Bertz CT molecular complexity index is 569. The first kappa shape index (κ1) is 11.4. The van der Waals surface area contributed by atoms with Gasteiger partial charge in [-0.05, 0) is 13.0 Å². The molecule has 0 saturated carbocycles. The number of nitrogens with zero attached hydrogens (tertiary/aromatic N) is 3. The van der Waals surface area contributed by atoms with Gasteiger partial charge < -0.3 is 10.2 Å². The number of aromatic nitrogens is 2. The Morgan fingerprint density at radius 2 is 2.29 bits per heavy atom. The van der Waals surface area contributed by atoms with Crippen LogP contribution in [0.15, 0.2) is 33.0 Å². The summed E-state index contributed by atoms with van der Waals surface area (Å²) in [5.74, 6) is 0.523. The molecule has 2 aromatic heterocycles. The molecule has 2 rings (SSSR count). The number of hydrogen-bond donors (Lipinski definition) is 1. The van der Waals surface area contributed by atoms with Gasteiger partial charge >= 0.3 is 5.69 Å². The number of hydrogen-bond acceptors (Lipinski definition) is 7. The van der Waals surface area contributed by atoms with E-state index in [2.05, 4.69) is 9.97 Å². The Labute approximate surface area is 100 Å². The molecule has 2 N–H and O–H groups in total. The summed E-state index contributed by atoms with van der Waals surface area (Å²) in [6.45, 7) is 1.76. The van der Waals surface area contributed by atoms with Crippen LogP contribution < -0.4 is 5.73 Å². The first-order valence-corrected chi connectivity index (χ1v) is 5.38. The van der Waals surface area contributed by atoms with Crippen LogP contribution in [0.3, 0.4) is 0 Å². The van der Waals surface area contributed by atoms with Crippen LogP contribution in [0, 0.1) is 17.0 Å². The van der Waals surface area contributed by atoms with Crippen LogP contribution in [0.5, 0.6) is 0 Å². The van der Waals surface area contributed by atoms with Gasteiger partial charge in [0.15, 0.2) is 5.03 Å². The van der Waals surface area contributed by atoms with Crippen molar-refractivity contribution in [3.8, 4) is 0 Å². The van der Waals surface area contributed by atoms with Crippen LogP contribution in [-0.2, 0) is 0 Å². The van der Waals surface area contributed by atoms with Gasteiger partial charge in [0.1, 0.15) is 12.1 Å². The number of nitrogens with two attached hydrogens (primary N) is 1. The van der Waals surface area contributed by atoms with E-state index in [9.17, 15) is 10.1 Å². The van der Waals surface area contributed by atoms with Crippen LogP contribution in [0.2, 0.25) is 0 Å². The van der Waals surface area contributed by atoms with E-state index in [0.29, 0.717) is 5.76 Å². The lowest BCUT2D eigenvalue weighted by Crippen LogP contribution is -2.01. The van der Waals surface area contributed by atoms with Crippen molar-refractivity contribution in [3.63, 3.8) is 0 Å². The summed E-state index contributed by atoms with van der Waals surface area (Å²) < 4.78 is 5.10. The van der Waals surface area contributed by atoms with Crippen molar-refractivity contribution >= 4 is 23.3 Å². The van der Waals surface area contributed by atoms with Crippen molar-refractivity contribution in [2.75, 3.05) is 5.73 Å². The van der Waals surface area contributed by atoms with Gasteiger partial charge in [0.25, 0.3) is 0 Å². The monoisotopic (exact) mass is 252 g/mol. The maximum Gasteiger partial charge on any atom is 0.343 e. The first-order chi connectivity index (χ1) is 8.09. The number of nitrogen functional groups attached to an aromatic ring is 1. The molecule has 0 spiro atoms. The molecule has 0 fully saturated rings. The first-order valence-electron chi connectivity index (χ1n) is 4.56.